The maximum atomic E-state index is 5.07. The quantitative estimate of drug-likeness (QED) is 0.783. The Morgan fingerprint density at radius 1 is 1.28 bits per heavy atom. The summed E-state index contributed by atoms with van der Waals surface area (Å²) in [6, 6.07) is 0. The topological polar surface area (TPSA) is 51.1 Å². The number of nitrogens with zero attached hydrogens (tertiary/aromatic N) is 4. The van der Waals surface area contributed by atoms with Crippen molar-refractivity contribution in [3.63, 3.8) is 0 Å². The van der Waals surface area contributed by atoms with Gasteiger partial charge in [-0.25, -0.2) is 15.0 Å². The lowest BCUT2D eigenvalue weighted by Crippen LogP contribution is -2.13. The number of thioether (sulfide) groups is 1. The third-order valence-electron chi connectivity index (χ3n) is 2.39. The van der Waals surface area contributed by atoms with Crippen molar-refractivity contribution in [2.45, 2.75) is 10.8 Å². The minimum absolute atomic E-state index is 0.623. The van der Waals surface area contributed by atoms with Gasteiger partial charge in [-0.05, 0) is 6.26 Å². The Labute approximate surface area is 115 Å². The summed E-state index contributed by atoms with van der Waals surface area (Å²) < 4.78 is 7.14. The summed E-state index contributed by atoms with van der Waals surface area (Å²) in [6.45, 7) is 0.623. The first-order valence-corrected chi connectivity index (χ1v) is 7.57. The number of anilines is 1. The van der Waals surface area contributed by atoms with Crippen LogP contribution in [-0.4, -0.2) is 49.0 Å². The molecule has 0 fully saturated rings. The van der Waals surface area contributed by atoms with E-state index in [1.807, 2.05) is 25.3 Å². The van der Waals surface area contributed by atoms with Crippen molar-refractivity contribution in [2.75, 3.05) is 39.0 Å². The molecule has 0 amide bonds. The maximum Gasteiger partial charge on any atom is 0.177 e. The predicted octanol–water partition coefficient (Wildman–Crippen LogP) is 2.06. The molecule has 0 unspecified atom stereocenters. The minimum atomic E-state index is 0.623. The molecule has 0 aliphatic heterocycles. The second-order valence-corrected chi connectivity index (χ2v) is 5.99. The average molecular weight is 284 g/mol. The van der Waals surface area contributed by atoms with Gasteiger partial charge in [0.2, 0.25) is 0 Å². The van der Waals surface area contributed by atoms with E-state index in [2.05, 4.69) is 15.0 Å². The van der Waals surface area contributed by atoms with Crippen LogP contribution < -0.4 is 4.90 Å². The van der Waals surface area contributed by atoms with E-state index in [0.29, 0.717) is 13.0 Å². The lowest BCUT2D eigenvalue weighted by molar-refractivity contribution is 0.200. The van der Waals surface area contributed by atoms with Crippen LogP contribution in [0, 0.1) is 0 Å². The highest BCUT2D eigenvalue weighted by Crippen LogP contribution is 2.32. The Balaban J connectivity index is 2.50. The van der Waals surface area contributed by atoms with E-state index in [4.69, 9.17) is 4.74 Å². The predicted molar refractivity (Wildman–Crippen MR) is 76.9 cm³/mol. The van der Waals surface area contributed by atoms with Gasteiger partial charge in [0, 0.05) is 27.6 Å². The highest BCUT2D eigenvalue weighted by molar-refractivity contribution is 8.00. The van der Waals surface area contributed by atoms with Crippen molar-refractivity contribution in [1.29, 1.82) is 0 Å². The summed E-state index contributed by atoms with van der Waals surface area (Å²) in [6.07, 6.45) is 2.73. The second-order valence-electron chi connectivity index (χ2n) is 3.94. The fraction of sp³-hybridized carbons (Fsp3) is 0.545. The molecular formula is C11H16N4OS2. The molecule has 0 saturated carbocycles. The van der Waals surface area contributed by atoms with Gasteiger partial charge in [-0.2, -0.15) is 0 Å². The molecule has 0 aliphatic rings. The molecule has 0 N–H and O–H groups in total. The highest BCUT2D eigenvalue weighted by Gasteiger charge is 2.14. The van der Waals surface area contributed by atoms with Crippen LogP contribution in [-0.2, 0) is 11.2 Å². The van der Waals surface area contributed by atoms with Crippen molar-refractivity contribution in [3.8, 4) is 0 Å². The van der Waals surface area contributed by atoms with Gasteiger partial charge >= 0.3 is 0 Å². The van der Waals surface area contributed by atoms with E-state index in [1.165, 1.54) is 0 Å². The molecule has 0 aliphatic carbocycles. The van der Waals surface area contributed by atoms with Crippen LogP contribution in [0.15, 0.2) is 4.34 Å². The van der Waals surface area contributed by atoms with Crippen LogP contribution in [0.2, 0.25) is 0 Å². The molecule has 2 rings (SSSR count). The molecule has 0 bridgehead atoms. The number of fused-ring (bicyclic) bond motifs is 1. The number of rotatable bonds is 5. The van der Waals surface area contributed by atoms with Crippen LogP contribution in [0.1, 0.15) is 5.82 Å². The Kier molecular flexibility index (Phi) is 4.36. The van der Waals surface area contributed by atoms with Gasteiger partial charge in [-0.15, -0.1) is 11.3 Å². The molecule has 2 aromatic heterocycles. The fourth-order valence-electron chi connectivity index (χ4n) is 1.53. The smallest absolute Gasteiger partial charge is 0.177 e. The van der Waals surface area contributed by atoms with Crippen LogP contribution in [0.4, 0.5) is 5.82 Å². The van der Waals surface area contributed by atoms with Crippen molar-refractivity contribution < 1.29 is 4.74 Å². The summed E-state index contributed by atoms with van der Waals surface area (Å²) in [5.41, 5.74) is 0.786. The van der Waals surface area contributed by atoms with E-state index in [-0.39, 0.29) is 0 Å². The monoisotopic (exact) mass is 284 g/mol. The summed E-state index contributed by atoms with van der Waals surface area (Å²) in [4.78, 5) is 15.6. The van der Waals surface area contributed by atoms with Gasteiger partial charge < -0.3 is 9.64 Å². The standard InChI is InChI=1S/C11H16N4OS2/c1-15(2)10-8-9(14-11(17-4)18-8)12-7(13-10)5-6-16-3/h5-6H2,1-4H3. The summed E-state index contributed by atoms with van der Waals surface area (Å²) in [7, 11) is 5.65. The zero-order valence-corrected chi connectivity index (χ0v) is 12.6. The van der Waals surface area contributed by atoms with Crippen LogP contribution in [0.25, 0.3) is 10.3 Å². The number of ether oxygens (including phenoxy) is 1. The van der Waals surface area contributed by atoms with Gasteiger partial charge in [0.1, 0.15) is 10.5 Å². The average Bonchev–Trinajstić information content (AvgIpc) is 2.77. The number of aromatic nitrogens is 3. The lowest BCUT2D eigenvalue weighted by atomic mass is 10.4. The first kappa shape index (κ1) is 13.5. The third kappa shape index (κ3) is 2.73. The zero-order valence-electron chi connectivity index (χ0n) is 10.9. The summed E-state index contributed by atoms with van der Waals surface area (Å²) in [5.74, 6) is 1.72. The van der Waals surface area contributed by atoms with Crippen LogP contribution in [0.3, 0.4) is 0 Å². The van der Waals surface area contributed by atoms with Gasteiger partial charge in [0.15, 0.2) is 15.8 Å². The van der Waals surface area contributed by atoms with E-state index < -0.39 is 0 Å². The zero-order chi connectivity index (χ0) is 13.1. The maximum absolute atomic E-state index is 5.07. The Hall–Kier alpha value is -0.920. The SMILES string of the molecule is COCCc1nc(N(C)C)c2sc(SC)nc2n1. The van der Waals surface area contributed by atoms with Gasteiger partial charge in [0.05, 0.1) is 6.61 Å². The Bertz CT molecular complexity index is 541. The first-order chi connectivity index (χ1) is 8.65. The molecule has 98 valence electrons. The number of hydrogen-bond donors (Lipinski definition) is 0. The molecule has 2 heterocycles. The Morgan fingerprint density at radius 3 is 2.67 bits per heavy atom. The van der Waals surface area contributed by atoms with E-state index in [0.717, 1.165) is 26.3 Å². The Morgan fingerprint density at radius 2 is 2.06 bits per heavy atom. The highest BCUT2D eigenvalue weighted by atomic mass is 32.2. The van der Waals surface area contributed by atoms with Gasteiger partial charge in [-0.3, -0.25) is 0 Å². The summed E-state index contributed by atoms with van der Waals surface area (Å²) >= 11 is 3.27. The molecule has 0 atom stereocenters. The molecule has 7 heteroatoms. The lowest BCUT2D eigenvalue weighted by Gasteiger charge is -2.12. The number of thiazole rings is 1. The summed E-state index contributed by atoms with van der Waals surface area (Å²) in [5, 5.41) is 0. The third-order valence-corrected chi connectivity index (χ3v) is 4.42. The van der Waals surface area contributed by atoms with Crippen molar-refractivity contribution in [2.24, 2.45) is 0 Å². The molecule has 5 nitrogen and oxygen atoms in total. The largest absolute Gasteiger partial charge is 0.384 e. The minimum Gasteiger partial charge on any atom is -0.384 e. The molecule has 0 spiro atoms. The van der Waals surface area contributed by atoms with Crippen LogP contribution in [0.5, 0.6) is 0 Å². The molecule has 18 heavy (non-hydrogen) atoms. The number of hydrogen-bond acceptors (Lipinski definition) is 7. The number of methoxy groups -OCH3 is 1. The van der Waals surface area contributed by atoms with Crippen molar-refractivity contribution in [1.82, 2.24) is 15.0 Å². The molecule has 0 aromatic carbocycles. The normalized spacial score (nSPS) is 11.1. The molecule has 0 radical (unpaired) electrons. The van der Waals surface area contributed by atoms with E-state index >= 15 is 0 Å². The van der Waals surface area contributed by atoms with Crippen molar-refractivity contribution in [3.05, 3.63) is 5.82 Å². The molecule has 0 saturated heterocycles. The van der Waals surface area contributed by atoms with E-state index in [9.17, 15) is 0 Å². The van der Waals surface area contributed by atoms with E-state index in [1.54, 1.807) is 30.2 Å². The van der Waals surface area contributed by atoms with Crippen LogP contribution >= 0.6 is 23.1 Å². The second kappa shape index (κ2) is 5.81. The van der Waals surface area contributed by atoms with Gasteiger partial charge in [-0.1, -0.05) is 11.8 Å². The molecule has 2 aromatic rings. The van der Waals surface area contributed by atoms with Crippen molar-refractivity contribution >= 4 is 39.3 Å². The molecular weight excluding hydrogens is 268 g/mol. The fourth-order valence-corrected chi connectivity index (χ4v) is 3.10. The first-order valence-electron chi connectivity index (χ1n) is 5.53. The van der Waals surface area contributed by atoms with Gasteiger partial charge in [0.25, 0.3) is 0 Å².